The van der Waals surface area contributed by atoms with Gasteiger partial charge < -0.3 is 14.6 Å². The van der Waals surface area contributed by atoms with Crippen LogP contribution in [-0.2, 0) is 5.60 Å². The molecule has 0 saturated heterocycles. The molecule has 0 aliphatic carbocycles. The zero-order valence-electron chi connectivity index (χ0n) is 9.60. The first kappa shape index (κ1) is 12.7. The standard InChI is InChI=1S/C11H14F2O3/c1-11(2,14)8-6(12)5-7(13)9(15-3)10(8)16-4/h5,14H,1-4H3. The third kappa shape index (κ3) is 2.09. The molecule has 5 heteroatoms. The van der Waals surface area contributed by atoms with Gasteiger partial charge in [0.05, 0.1) is 25.4 Å². The summed E-state index contributed by atoms with van der Waals surface area (Å²) < 4.78 is 36.6. The summed E-state index contributed by atoms with van der Waals surface area (Å²) in [6.07, 6.45) is 0. The van der Waals surface area contributed by atoms with Crippen molar-refractivity contribution in [3.8, 4) is 11.5 Å². The molecular weight excluding hydrogens is 218 g/mol. The highest BCUT2D eigenvalue weighted by molar-refractivity contribution is 5.50. The van der Waals surface area contributed by atoms with E-state index in [1.807, 2.05) is 0 Å². The van der Waals surface area contributed by atoms with Gasteiger partial charge in [-0.15, -0.1) is 0 Å². The van der Waals surface area contributed by atoms with Crippen molar-refractivity contribution in [2.45, 2.75) is 19.4 Å². The van der Waals surface area contributed by atoms with Gasteiger partial charge in [-0.3, -0.25) is 0 Å². The van der Waals surface area contributed by atoms with Crippen molar-refractivity contribution in [3.63, 3.8) is 0 Å². The Kier molecular flexibility index (Phi) is 3.38. The first-order chi connectivity index (χ1) is 7.32. The Balaban J connectivity index is 3.59. The molecule has 16 heavy (non-hydrogen) atoms. The maximum atomic E-state index is 13.6. The van der Waals surface area contributed by atoms with Gasteiger partial charge in [0.2, 0.25) is 0 Å². The molecule has 1 rings (SSSR count). The minimum absolute atomic E-state index is 0.131. The number of aliphatic hydroxyl groups is 1. The van der Waals surface area contributed by atoms with E-state index in [-0.39, 0.29) is 17.1 Å². The second kappa shape index (κ2) is 4.25. The van der Waals surface area contributed by atoms with E-state index in [1.54, 1.807) is 0 Å². The smallest absolute Gasteiger partial charge is 0.197 e. The fourth-order valence-electron chi connectivity index (χ4n) is 1.53. The minimum Gasteiger partial charge on any atom is -0.492 e. The van der Waals surface area contributed by atoms with Crippen LogP contribution in [0.4, 0.5) is 8.78 Å². The van der Waals surface area contributed by atoms with Crippen molar-refractivity contribution in [2.24, 2.45) is 0 Å². The van der Waals surface area contributed by atoms with Crippen LogP contribution in [0.15, 0.2) is 6.07 Å². The van der Waals surface area contributed by atoms with Gasteiger partial charge in [0.25, 0.3) is 0 Å². The second-order valence-corrected chi connectivity index (χ2v) is 3.84. The van der Waals surface area contributed by atoms with E-state index in [9.17, 15) is 13.9 Å². The zero-order valence-corrected chi connectivity index (χ0v) is 9.60. The lowest BCUT2D eigenvalue weighted by Gasteiger charge is -2.23. The molecule has 0 heterocycles. The van der Waals surface area contributed by atoms with Crippen molar-refractivity contribution in [2.75, 3.05) is 14.2 Å². The summed E-state index contributed by atoms with van der Waals surface area (Å²) >= 11 is 0. The Labute approximate surface area is 92.6 Å². The summed E-state index contributed by atoms with van der Waals surface area (Å²) in [5.74, 6) is -2.10. The summed E-state index contributed by atoms with van der Waals surface area (Å²) in [5, 5.41) is 9.79. The van der Waals surface area contributed by atoms with Gasteiger partial charge in [-0.1, -0.05) is 0 Å². The van der Waals surface area contributed by atoms with Crippen LogP contribution in [0.2, 0.25) is 0 Å². The highest BCUT2D eigenvalue weighted by atomic mass is 19.1. The van der Waals surface area contributed by atoms with E-state index in [2.05, 4.69) is 0 Å². The van der Waals surface area contributed by atoms with Gasteiger partial charge in [-0.2, -0.15) is 0 Å². The first-order valence-electron chi connectivity index (χ1n) is 4.65. The fourth-order valence-corrected chi connectivity index (χ4v) is 1.53. The van der Waals surface area contributed by atoms with Crippen LogP contribution in [-0.4, -0.2) is 19.3 Å². The third-order valence-electron chi connectivity index (χ3n) is 2.16. The third-order valence-corrected chi connectivity index (χ3v) is 2.16. The Morgan fingerprint density at radius 3 is 1.94 bits per heavy atom. The van der Waals surface area contributed by atoms with Crippen molar-refractivity contribution in [1.29, 1.82) is 0 Å². The second-order valence-electron chi connectivity index (χ2n) is 3.84. The Hall–Kier alpha value is -1.36. The fraction of sp³-hybridized carbons (Fsp3) is 0.455. The topological polar surface area (TPSA) is 38.7 Å². The van der Waals surface area contributed by atoms with Crippen molar-refractivity contribution in [1.82, 2.24) is 0 Å². The minimum atomic E-state index is -1.49. The molecule has 0 aliphatic heterocycles. The number of ether oxygens (including phenoxy) is 2. The summed E-state index contributed by atoms with van der Waals surface area (Å²) in [4.78, 5) is 0. The van der Waals surface area contributed by atoms with E-state index < -0.39 is 17.2 Å². The number of methoxy groups -OCH3 is 2. The Morgan fingerprint density at radius 1 is 1.06 bits per heavy atom. The molecule has 0 saturated carbocycles. The lowest BCUT2D eigenvalue weighted by molar-refractivity contribution is 0.0706. The van der Waals surface area contributed by atoms with Crippen LogP contribution >= 0.6 is 0 Å². The summed E-state index contributed by atoms with van der Waals surface area (Å²) in [7, 11) is 2.50. The average molecular weight is 232 g/mol. The molecular formula is C11H14F2O3. The highest BCUT2D eigenvalue weighted by Crippen LogP contribution is 2.40. The van der Waals surface area contributed by atoms with E-state index in [4.69, 9.17) is 9.47 Å². The Morgan fingerprint density at radius 2 is 1.56 bits per heavy atom. The Bertz CT molecular complexity index is 397. The molecule has 0 spiro atoms. The molecule has 90 valence electrons. The average Bonchev–Trinajstić information content (AvgIpc) is 2.14. The molecule has 0 aromatic heterocycles. The van der Waals surface area contributed by atoms with E-state index in [1.165, 1.54) is 28.1 Å². The van der Waals surface area contributed by atoms with Crippen LogP contribution in [0.1, 0.15) is 19.4 Å². The quantitative estimate of drug-likeness (QED) is 0.868. The van der Waals surface area contributed by atoms with Gasteiger partial charge in [0, 0.05) is 6.07 Å². The van der Waals surface area contributed by atoms with Crippen molar-refractivity contribution >= 4 is 0 Å². The predicted molar refractivity (Wildman–Crippen MR) is 54.7 cm³/mol. The summed E-state index contributed by atoms with van der Waals surface area (Å²) in [5.41, 5.74) is -1.62. The van der Waals surface area contributed by atoms with Gasteiger partial charge in [-0.05, 0) is 13.8 Å². The number of hydrogen-bond donors (Lipinski definition) is 1. The lowest BCUT2D eigenvalue weighted by Crippen LogP contribution is -2.20. The maximum absolute atomic E-state index is 13.6. The molecule has 0 fully saturated rings. The van der Waals surface area contributed by atoms with E-state index >= 15 is 0 Å². The highest BCUT2D eigenvalue weighted by Gasteiger charge is 2.30. The number of hydrogen-bond acceptors (Lipinski definition) is 3. The molecule has 0 bridgehead atoms. The summed E-state index contributed by atoms with van der Waals surface area (Å²) in [6, 6.07) is 0.661. The maximum Gasteiger partial charge on any atom is 0.197 e. The van der Waals surface area contributed by atoms with Crippen LogP contribution in [0.25, 0.3) is 0 Å². The van der Waals surface area contributed by atoms with Crippen molar-refractivity contribution < 1.29 is 23.4 Å². The van der Waals surface area contributed by atoms with Crippen molar-refractivity contribution in [3.05, 3.63) is 23.3 Å². The van der Waals surface area contributed by atoms with Crippen LogP contribution in [0.5, 0.6) is 11.5 Å². The first-order valence-corrected chi connectivity index (χ1v) is 4.65. The number of halogens is 2. The van der Waals surface area contributed by atoms with Gasteiger partial charge in [-0.25, -0.2) is 8.78 Å². The molecule has 0 aliphatic rings. The molecule has 0 atom stereocenters. The largest absolute Gasteiger partial charge is 0.492 e. The van der Waals surface area contributed by atoms with Crippen LogP contribution < -0.4 is 9.47 Å². The molecule has 3 nitrogen and oxygen atoms in total. The molecule has 1 aromatic rings. The zero-order chi connectivity index (χ0) is 12.5. The number of benzene rings is 1. The number of rotatable bonds is 3. The molecule has 1 aromatic carbocycles. The van der Waals surface area contributed by atoms with Crippen LogP contribution in [0.3, 0.4) is 0 Å². The SMILES string of the molecule is COc1c(F)cc(F)c(C(C)(C)O)c1OC. The molecule has 0 unspecified atom stereocenters. The molecule has 0 amide bonds. The normalized spacial score (nSPS) is 11.4. The van der Waals surface area contributed by atoms with Gasteiger partial charge in [0.1, 0.15) is 5.82 Å². The predicted octanol–water partition coefficient (Wildman–Crippen LogP) is 2.21. The summed E-state index contributed by atoms with van der Waals surface area (Å²) in [6.45, 7) is 2.76. The van der Waals surface area contributed by atoms with E-state index in [0.29, 0.717) is 6.07 Å². The van der Waals surface area contributed by atoms with Gasteiger partial charge in [0.15, 0.2) is 17.3 Å². The van der Waals surface area contributed by atoms with E-state index in [0.717, 1.165) is 0 Å². The van der Waals surface area contributed by atoms with Gasteiger partial charge >= 0.3 is 0 Å². The molecule has 1 N–H and O–H groups in total. The monoisotopic (exact) mass is 232 g/mol. The lowest BCUT2D eigenvalue weighted by atomic mass is 9.96. The molecule has 0 radical (unpaired) electrons. The van der Waals surface area contributed by atoms with Crippen LogP contribution in [0, 0.1) is 11.6 Å².